The third-order valence-electron chi connectivity index (χ3n) is 2.95. The molecule has 0 N–H and O–H groups in total. The Kier molecular flexibility index (Phi) is 5.42. The third kappa shape index (κ3) is 4.00. The highest BCUT2D eigenvalue weighted by Crippen LogP contribution is 2.26. The van der Waals surface area contributed by atoms with Crippen LogP contribution in [0.25, 0.3) is 11.3 Å². The van der Waals surface area contributed by atoms with E-state index >= 15 is 0 Å². The van der Waals surface area contributed by atoms with Gasteiger partial charge in [0.25, 0.3) is 0 Å². The van der Waals surface area contributed by atoms with Crippen molar-refractivity contribution in [2.45, 2.75) is 5.03 Å². The van der Waals surface area contributed by atoms with E-state index in [-0.39, 0.29) is 11.7 Å². The van der Waals surface area contributed by atoms with E-state index in [9.17, 15) is 10.1 Å². The van der Waals surface area contributed by atoms with Crippen LogP contribution in [0.15, 0.2) is 41.4 Å². The van der Waals surface area contributed by atoms with Crippen LogP contribution in [0, 0.1) is 11.3 Å². The summed E-state index contributed by atoms with van der Waals surface area (Å²) in [5.41, 5.74) is 2.12. The second kappa shape index (κ2) is 7.30. The summed E-state index contributed by atoms with van der Waals surface area (Å²) in [6, 6.07) is 12.9. The molecule has 6 heteroatoms. The molecule has 4 nitrogen and oxygen atoms in total. The van der Waals surface area contributed by atoms with Gasteiger partial charge in [0, 0.05) is 24.7 Å². The van der Waals surface area contributed by atoms with E-state index in [1.165, 1.54) is 16.7 Å². The van der Waals surface area contributed by atoms with E-state index in [2.05, 4.69) is 11.1 Å². The van der Waals surface area contributed by atoms with Crippen LogP contribution in [-0.4, -0.2) is 35.6 Å². The first-order valence-electron chi connectivity index (χ1n) is 6.51. The summed E-state index contributed by atoms with van der Waals surface area (Å²) >= 11 is 7.15. The molecule has 112 valence electrons. The number of carbonyl (C=O) groups is 1. The van der Waals surface area contributed by atoms with E-state index in [0.717, 1.165) is 11.3 Å². The van der Waals surface area contributed by atoms with Crippen molar-refractivity contribution >= 4 is 29.3 Å². The average Bonchev–Trinajstić information content (AvgIpc) is 2.52. The number of amides is 1. The molecule has 0 bridgehead atoms. The normalized spacial score (nSPS) is 10.1. The molecule has 0 saturated carbocycles. The van der Waals surface area contributed by atoms with Crippen molar-refractivity contribution in [1.82, 2.24) is 9.88 Å². The van der Waals surface area contributed by atoms with Gasteiger partial charge in [-0.3, -0.25) is 4.79 Å². The van der Waals surface area contributed by atoms with Gasteiger partial charge in [0.05, 0.1) is 17.0 Å². The number of pyridine rings is 1. The molecule has 1 heterocycles. The lowest BCUT2D eigenvalue weighted by molar-refractivity contribution is -0.125. The van der Waals surface area contributed by atoms with Gasteiger partial charge in [0.15, 0.2) is 0 Å². The fourth-order valence-corrected chi connectivity index (χ4v) is 2.75. The monoisotopic (exact) mass is 331 g/mol. The molecule has 0 aliphatic carbocycles. The number of hydrogen-bond acceptors (Lipinski definition) is 4. The summed E-state index contributed by atoms with van der Waals surface area (Å²) in [4.78, 5) is 17.7. The fraction of sp³-hybridized carbons (Fsp3) is 0.188. The lowest BCUT2D eigenvalue weighted by Gasteiger charge is -2.10. The molecule has 0 saturated heterocycles. The Labute approximate surface area is 138 Å². The summed E-state index contributed by atoms with van der Waals surface area (Å²) in [5.74, 6) is 0.228. The van der Waals surface area contributed by atoms with E-state index in [4.69, 9.17) is 11.6 Å². The van der Waals surface area contributed by atoms with Gasteiger partial charge < -0.3 is 4.90 Å². The third-order valence-corrected chi connectivity index (χ3v) is 4.18. The maximum absolute atomic E-state index is 11.7. The van der Waals surface area contributed by atoms with Crippen LogP contribution in [0.2, 0.25) is 5.02 Å². The van der Waals surface area contributed by atoms with Crippen molar-refractivity contribution in [1.29, 1.82) is 5.26 Å². The van der Waals surface area contributed by atoms with Gasteiger partial charge in [0.2, 0.25) is 5.91 Å². The van der Waals surface area contributed by atoms with Gasteiger partial charge >= 0.3 is 0 Å². The average molecular weight is 332 g/mol. The van der Waals surface area contributed by atoms with Crippen molar-refractivity contribution in [3.05, 3.63) is 47.0 Å². The Hall–Kier alpha value is -2.03. The molecule has 1 aromatic carbocycles. The van der Waals surface area contributed by atoms with Gasteiger partial charge in [-0.2, -0.15) is 5.26 Å². The van der Waals surface area contributed by atoms with Crippen LogP contribution in [0.1, 0.15) is 5.56 Å². The first-order chi connectivity index (χ1) is 10.5. The quantitative estimate of drug-likeness (QED) is 0.805. The number of carbonyl (C=O) groups excluding carboxylic acids is 1. The van der Waals surface area contributed by atoms with Crippen LogP contribution < -0.4 is 0 Å². The molecule has 2 rings (SSSR count). The minimum Gasteiger partial charge on any atom is -0.348 e. The van der Waals surface area contributed by atoms with Crippen molar-refractivity contribution in [3.63, 3.8) is 0 Å². The number of hydrogen-bond donors (Lipinski definition) is 0. The Bertz CT molecular complexity index is 723. The van der Waals surface area contributed by atoms with Crippen LogP contribution in [0.3, 0.4) is 0 Å². The second-order valence-electron chi connectivity index (χ2n) is 4.74. The molecule has 0 atom stereocenters. The van der Waals surface area contributed by atoms with Gasteiger partial charge in [-0.1, -0.05) is 35.5 Å². The van der Waals surface area contributed by atoms with Crippen LogP contribution in [-0.2, 0) is 4.79 Å². The van der Waals surface area contributed by atoms with Crippen LogP contribution in [0.4, 0.5) is 0 Å². The Morgan fingerprint density at radius 2 is 1.95 bits per heavy atom. The smallest absolute Gasteiger partial charge is 0.232 e. The number of halogens is 1. The zero-order chi connectivity index (χ0) is 16.1. The molecule has 0 fully saturated rings. The SMILES string of the molecule is CN(C)C(=O)CSc1nc(-c2ccc(Cl)cc2)ccc1C#N. The maximum atomic E-state index is 11.7. The number of thioether (sulfide) groups is 1. The molecule has 0 aliphatic heterocycles. The zero-order valence-electron chi connectivity index (χ0n) is 12.2. The van der Waals surface area contributed by atoms with E-state index in [1.807, 2.05) is 12.1 Å². The summed E-state index contributed by atoms with van der Waals surface area (Å²) < 4.78 is 0. The van der Waals surface area contributed by atoms with Crippen LogP contribution >= 0.6 is 23.4 Å². The summed E-state index contributed by atoms with van der Waals surface area (Å²) in [6.07, 6.45) is 0. The second-order valence-corrected chi connectivity index (χ2v) is 6.15. The van der Waals surface area contributed by atoms with E-state index < -0.39 is 0 Å². The summed E-state index contributed by atoms with van der Waals surface area (Å²) in [7, 11) is 3.40. The van der Waals surface area contributed by atoms with Gasteiger partial charge in [0.1, 0.15) is 11.1 Å². The standard InChI is InChI=1S/C16H14ClN3OS/c1-20(2)15(21)10-22-16-12(9-18)5-8-14(19-16)11-3-6-13(17)7-4-11/h3-8H,10H2,1-2H3. The molecule has 1 aromatic heterocycles. The number of aromatic nitrogens is 1. The number of rotatable bonds is 4. The Balaban J connectivity index is 2.28. The highest BCUT2D eigenvalue weighted by Gasteiger charge is 2.11. The molecule has 0 aliphatic rings. The Morgan fingerprint density at radius 3 is 2.55 bits per heavy atom. The molecule has 2 aromatic rings. The van der Waals surface area contributed by atoms with Crippen molar-refractivity contribution in [2.24, 2.45) is 0 Å². The molecule has 22 heavy (non-hydrogen) atoms. The minimum atomic E-state index is -0.0208. The maximum Gasteiger partial charge on any atom is 0.232 e. The molecule has 0 spiro atoms. The fourth-order valence-electron chi connectivity index (χ4n) is 1.68. The Morgan fingerprint density at radius 1 is 1.27 bits per heavy atom. The highest BCUT2D eigenvalue weighted by molar-refractivity contribution is 8.00. The van der Waals surface area contributed by atoms with Crippen molar-refractivity contribution in [3.8, 4) is 17.3 Å². The predicted molar refractivity (Wildman–Crippen MR) is 88.8 cm³/mol. The van der Waals surface area contributed by atoms with E-state index in [0.29, 0.717) is 15.6 Å². The number of benzene rings is 1. The molecular weight excluding hydrogens is 318 g/mol. The first-order valence-corrected chi connectivity index (χ1v) is 7.87. The van der Waals surface area contributed by atoms with Crippen LogP contribution in [0.5, 0.6) is 0 Å². The predicted octanol–water partition coefficient (Wildman–Crippen LogP) is 3.45. The summed E-state index contributed by atoms with van der Waals surface area (Å²) in [5, 5.41) is 10.4. The zero-order valence-corrected chi connectivity index (χ0v) is 13.8. The van der Waals surface area contributed by atoms with Gasteiger partial charge in [-0.25, -0.2) is 4.98 Å². The number of nitriles is 1. The van der Waals surface area contributed by atoms with Crippen molar-refractivity contribution < 1.29 is 4.79 Å². The lowest BCUT2D eigenvalue weighted by atomic mass is 10.1. The molecule has 0 unspecified atom stereocenters. The topological polar surface area (TPSA) is 57.0 Å². The molecule has 0 radical (unpaired) electrons. The minimum absolute atomic E-state index is 0.0208. The highest BCUT2D eigenvalue weighted by atomic mass is 35.5. The first kappa shape index (κ1) is 16.3. The van der Waals surface area contributed by atoms with Crippen molar-refractivity contribution in [2.75, 3.05) is 19.8 Å². The number of nitrogens with zero attached hydrogens (tertiary/aromatic N) is 3. The molecular formula is C16H14ClN3OS. The lowest BCUT2D eigenvalue weighted by Crippen LogP contribution is -2.23. The molecule has 1 amide bonds. The summed E-state index contributed by atoms with van der Waals surface area (Å²) in [6.45, 7) is 0. The van der Waals surface area contributed by atoms with Gasteiger partial charge in [-0.15, -0.1) is 0 Å². The van der Waals surface area contributed by atoms with E-state index in [1.54, 1.807) is 38.4 Å². The largest absolute Gasteiger partial charge is 0.348 e. The van der Waals surface area contributed by atoms with Gasteiger partial charge in [-0.05, 0) is 24.3 Å².